The number of piperazine rings is 1. The molecule has 2 aromatic carbocycles. The molecule has 0 atom stereocenters. The normalized spacial score (nSPS) is 14.3. The van der Waals surface area contributed by atoms with Crippen molar-refractivity contribution in [2.75, 3.05) is 52.9 Å². The van der Waals surface area contributed by atoms with Gasteiger partial charge in [-0.25, -0.2) is 0 Å². The van der Waals surface area contributed by atoms with E-state index in [-0.39, 0.29) is 11.8 Å². The van der Waals surface area contributed by atoms with Crippen molar-refractivity contribution >= 4 is 17.9 Å². The molecule has 0 aromatic heterocycles. The summed E-state index contributed by atoms with van der Waals surface area (Å²) < 4.78 is 5.44. The van der Waals surface area contributed by atoms with Crippen LogP contribution in [0.2, 0.25) is 0 Å². The molecule has 6 heteroatoms. The number of carbonyl (C=O) groups is 2. The second-order valence-corrected chi connectivity index (χ2v) is 8.97. The largest absolute Gasteiger partial charge is 0.496 e. The van der Waals surface area contributed by atoms with Crippen molar-refractivity contribution in [1.82, 2.24) is 14.7 Å². The number of hydrogen-bond acceptors (Lipinski definition) is 4. The van der Waals surface area contributed by atoms with Gasteiger partial charge in [-0.2, -0.15) is 0 Å². The predicted octanol–water partition coefficient (Wildman–Crippen LogP) is 4.11. The van der Waals surface area contributed by atoms with Crippen LogP contribution in [-0.2, 0) is 16.0 Å². The molecule has 0 bridgehead atoms. The number of nitrogens with zero attached hydrogens (tertiary/aromatic N) is 3. The van der Waals surface area contributed by atoms with Gasteiger partial charge in [-0.3, -0.25) is 14.5 Å². The zero-order valence-corrected chi connectivity index (χ0v) is 21.2. The standard InChI is InChI=1S/C29H39N3O3/c1-3-4-16-28(33)32-22-19-30(20-23-32)18-21-31(29(34)24-25-11-6-5-7-12-25)17-10-14-26-13-8-9-15-27(26)35-2/h5-15H,3-4,16-24H2,1-2H3/b14-10+. The summed E-state index contributed by atoms with van der Waals surface area (Å²) in [5, 5.41) is 0. The van der Waals surface area contributed by atoms with Gasteiger partial charge in [0.1, 0.15) is 5.75 Å². The smallest absolute Gasteiger partial charge is 0.227 e. The topological polar surface area (TPSA) is 53.1 Å². The van der Waals surface area contributed by atoms with E-state index < -0.39 is 0 Å². The molecule has 35 heavy (non-hydrogen) atoms. The Morgan fingerprint density at radius 1 is 1.00 bits per heavy atom. The van der Waals surface area contributed by atoms with E-state index in [1.165, 1.54) is 0 Å². The minimum Gasteiger partial charge on any atom is -0.496 e. The van der Waals surface area contributed by atoms with Crippen LogP contribution in [0, 0.1) is 0 Å². The quantitative estimate of drug-likeness (QED) is 0.462. The SMILES string of the molecule is CCCCC(=O)N1CCN(CCN(C/C=C/c2ccccc2OC)C(=O)Cc2ccccc2)CC1. The summed E-state index contributed by atoms with van der Waals surface area (Å²) in [7, 11) is 1.67. The number of benzene rings is 2. The number of para-hydroxylation sites is 1. The molecule has 1 heterocycles. The van der Waals surface area contributed by atoms with Crippen LogP contribution in [-0.4, -0.2) is 79.4 Å². The molecule has 1 aliphatic rings. The summed E-state index contributed by atoms with van der Waals surface area (Å²) in [4.78, 5) is 31.8. The molecule has 0 radical (unpaired) electrons. The fourth-order valence-electron chi connectivity index (χ4n) is 4.28. The van der Waals surface area contributed by atoms with E-state index in [1.54, 1.807) is 7.11 Å². The lowest BCUT2D eigenvalue weighted by atomic mass is 10.1. The van der Waals surface area contributed by atoms with E-state index in [1.807, 2.05) is 76.5 Å². The van der Waals surface area contributed by atoms with Crippen LogP contribution in [0.3, 0.4) is 0 Å². The fraction of sp³-hybridized carbons (Fsp3) is 0.448. The maximum absolute atomic E-state index is 13.2. The van der Waals surface area contributed by atoms with Crippen molar-refractivity contribution in [1.29, 1.82) is 0 Å². The Morgan fingerprint density at radius 2 is 1.71 bits per heavy atom. The molecule has 0 unspecified atom stereocenters. The Kier molecular flexibility index (Phi) is 10.8. The number of ether oxygens (including phenoxy) is 1. The van der Waals surface area contributed by atoms with Crippen LogP contribution in [0.25, 0.3) is 6.08 Å². The molecule has 1 saturated heterocycles. The highest BCUT2D eigenvalue weighted by atomic mass is 16.5. The highest BCUT2D eigenvalue weighted by Crippen LogP contribution is 2.18. The van der Waals surface area contributed by atoms with Crippen LogP contribution < -0.4 is 4.74 Å². The summed E-state index contributed by atoms with van der Waals surface area (Å²) in [6.45, 7) is 7.38. The van der Waals surface area contributed by atoms with Gasteiger partial charge in [0.15, 0.2) is 0 Å². The Morgan fingerprint density at radius 3 is 2.43 bits per heavy atom. The molecule has 3 rings (SSSR count). The molecular weight excluding hydrogens is 438 g/mol. The monoisotopic (exact) mass is 477 g/mol. The number of hydrogen-bond donors (Lipinski definition) is 0. The van der Waals surface area contributed by atoms with Crippen molar-refractivity contribution in [2.45, 2.75) is 32.6 Å². The Bertz CT molecular complexity index is 953. The van der Waals surface area contributed by atoms with Crippen molar-refractivity contribution in [2.24, 2.45) is 0 Å². The molecule has 0 aliphatic carbocycles. The van der Waals surface area contributed by atoms with Crippen molar-refractivity contribution in [3.8, 4) is 5.75 Å². The van der Waals surface area contributed by atoms with Crippen molar-refractivity contribution in [3.05, 3.63) is 71.8 Å². The number of carbonyl (C=O) groups excluding carboxylic acids is 2. The second kappa shape index (κ2) is 14.3. The van der Waals surface area contributed by atoms with Crippen LogP contribution in [0.5, 0.6) is 5.75 Å². The van der Waals surface area contributed by atoms with E-state index in [0.717, 1.165) is 62.4 Å². The van der Waals surface area contributed by atoms with Gasteiger partial charge in [0, 0.05) is 57.8 Å². The van der Waals surface area contributed by atoms with Crippen LogP contribution in [0.4, 0.5) is 0 Å². The van der Waals surface area contributed by atoms with Gasteiger partial charge in [-0.1, -0.05) is 74.0 Å². The minimum absolute atomic E-state index is 0.120. The maximum Gasteiger partial charge on any atom is 0.227 e. The van der Waals surface area contributed by atoms with Gasteiger partial charge >= 0.3 is 0 Å². The second-order valence-electron chi connectivity index (χ2n) is 8.97. The van der Waals surface area contributed by atoms with Gasteiger partial charge in [0.2, 0.25) is 11.8 Å². The fourth-order valence-corrected chi connectivity index (χ4v) is 4.28. The van der Waals surface area contributed by atoms with Crippen LogP contribution in [0.1, 0.15) is 37.3 Å². The first-order valence-electron chi connectivity index (χ1n) is 12.7. The van der Waals surface area contributed by atoms with E-state index >= 15 is 0 Å². The third kappa shape index (κ3) is 8.55. The first kappa shape index (κ1) is 26.5. The summed E-state index contributed by atoms with van der Waals surface area (Å²) in [5.74, 6) is 1.21. The number of amides is 2. The number of unbranched alkanes of at least 4 members (excludes halogenated alkanes) is 1. The van der Waals surface area contributed by atoms with Crippen molar-refractivity contribution < 1.29 is 14.3 Å². The Balaban J connectivity index is 1.57. The summed E-state index contributed by atoms with van der Waals surface area (Å²) in [6.07, 6.45) is 7.09. The summed E-state index contributed by atoms with van der Waals surface area (Å²) in [6, 6.07) is 17.8. The average Bonchev–Trinajstić information content (AvgIpc) is 2.90. The number of methoxy groups -OCH3 is 1. The minimum atomic E-state index is 0.120. The van der Waals surface area contributed by atoms with E-state index in [2.05, 4.69) is 11.8 Å². The summed E-state index contributed by atoms with van der Waals surface area (Å²) >= 11 is 0. The van der Waals surface area contributed by atoms with E-state index in [4.69, 9.17) is 4.74 Å². The maximum atomic E-state index is 13.2. The lowest BCUT2D eigenvalue weighted by molar-refractivity contribution is -0.133. The molecule has 6 nitrogen and oxygen atoms in total. The van der Waals surface area contributed by atoms with Gasteiger partial charge < -0.3 is 14.5 Å². The first-order chi connectivity index (χ1) is 17.1. The third-order valence-corrected chi connectivity index (χ3v) is 6.47. The average molecular weight is 478 g/mol. The lowest BCUT2D eigenvalue weighted by Gasteiger charge is -2.36. The molecule has 0 N–H and O–H groups in total. The molecule has 188 valence electrons. The third-order valence-electron chi connectivity index (χ3n) is 6.47. The zero-order chi connectivity index (χ0) is 24.9. The first-order valence-corrected chi connectivity index (χ1v) is 12.7. The van der Waals surface area contributed by atoms with Gasteiger partial charge in [0.25, 0.3) is 0 Å². The van der Waals surface area contributed by atoms with Crippen LogP contribution in [0.15, 0.2) is 60.7 Å². The lowest BCUT2D eigenvalue weighted by Crippen LogP contribution is -2.50. The molecule has 2 amide bonds. The summed E-state index contributed by atoms with van der Waals surface area (Å²) in [5.41, 5.74) is 2.02. The molecule has 1 aliphatic heterocycles. The van der Waals surface area contributed by atoms with Gasteiger partial charge in [0.05, 0.1) is 13.5 Å². The zero-order valence-electron chi connectivity index (χ0n) is 21.2. The Labute approximate surface area is 210 Å². The molecule has 0 saturated carbocycles. The van der Waals surface area contributed by atoms with E-state index in [9.17, 15) is 9.59 Å². The van der Waals surface area contributed by atoms with Gasteiger partial charge in [-0.15, -0.1) is 0 Å². The van der Waals surface area contributed by atoms with Crippen molar-refractivity contribution in [3.63, 3.8) is 0 Å². The highest BCUT2D eigenvalue weighted by molar-refractivity contribution is 5.79. The Hall–Kier alpha value is -3.12. The molecule has 0 spiro atoms. The van der Waals surface area contributed by atoms with E-state index in [0.29, 0.717) is 25.9 Å². The highest BCUT2D eigenvalue weighted by Gasteiger charge is 2.21. The van der Waals surface area contributed by atoms with Crippen LogP contribution >= 0.6 is 0 Å². The van der Waals surface area contributed by atoms with Gasteiger partial charge in [-0.05, 0) is 18.1 Å². The molecule has 2 aromatic rings. The number of rotatable bonds is 12. The molecule has 1 fully saturated rings. The molecular formula is C29H39N3O3. The predicted molar refractivity (Wildman–Crippen MR) is 141 cm³/mol.